The van der Waals surface area contributed by atoms with Crippen molar-refractivity contribution in [1.29, 1.82) is 0 Å². The van der Waals surface area contributed by atoms with Crippen LogP contribution in [0.15, 0.2) is 40.2 Å². The minimum atomic E-state index is -0.236. The van der Waals surface area contributed by atoms with Crippen LogP contribution in [-0.4, -0.2) is 0 Å². The van der Waals surface area contributed by atoms with Crippen molar-refractivity contribution >= 4 is 27.3 Å². The Labute approximate surface area is 106 Å². The molecule has 0 saturated carbocycles. The largest absolute Gasteiger partial charge is 0.324 e. The van der Waals surface area contributed by atoms with Gasteiger partial charge in [-0.05, 0) is 45.8 Å². The molecule has 0 amide bonds. The number of nitrogens with two attached hydrogens (primary N) is 1. The van der Waals surface area contributed by atoms with E-state index in [0.29, 0.717) is 0 Å². The molecule has 0 aliphatic heterocycles. The van der Waals surface area contributed by atoms with E-state index in [1.807, 2.05) is 18.2 Å². The smallest absolute Gasteiger partial charge is 0.123 e. The van der Waals surface area contributed by atoms with Crippen LogP contribution in [0.1, 0.15) is 16.5 Å². The first-order valence-corrected chi connectivity index (χ1v) is 6.51. The fourth-order valence-electron chi connectivity index (χ4n) is 1.53. The summed E-state index contributed by atoms with van der Waals surface area (Å²) in [5.41, 5.74) is 6.87. The zero-order valence-corrected chi connectivity index (χ0v) is 10.9. The minimum absolute atomic E-state index is 0.152. The molecular weight excluding hydrogens is 289 g/mol. The molecule has 4 heteroatoms. The summed E-state index contributed by atoms with van der Waals surface area (Å²) in [6.45, 7) is 0. The molecule has 0 aliphatic rings. The van der Waals surface area contributed by atoms with E-state index in [2.05, 4.69) is 15.9 Å². The van der Waals surface area contributed by atoms with Gasteiger partial charge in [-0.3, -0.25) is 0 Å². The van der Waals surface area contributed by atoms with Crippen LogP contribution in [0.2, 0.25) is 0 Å². The summed E-state index contributed by atoms with van der Waals surface area (Å²) in [7, 11) is 0. The third kappa shape index (κ3) is 2.90. The molecule has 16 heavy (non-hydrogen) atoms. The van der Waals surface area contributed by atoms with Crippen molar-refractivity contribution in [3.63, 3.8) is 0 Å². The molecule has 2 rings (SSSR count). The Bertz CT molecular complexity index is 483. The highest BCUT2D eigenvalue weighted by Gasteiger charge is 2.09. The number of thiophene rings is 1. The first-order valence-electron chi connectivity index (χ1n) is 4.90. The third-order valence-corrected chi connectivity index (χ3v) is 3.97. The van der Waals surface area contributed by atoms with Crippen LogP contribution in [0.25, 0.3) is 0 Å². The standard InChI is InChI=1S/C12H11BrFNS/c13-12-5-4-10(16-12)7-11(15)8-2-1-3-9(14)6-8/h1-6,11H,7,15H2. The molecule has 2 N–H and O–H groups in total. The summed E-state index contributed by atoms with van der Waals surface area (Å²) >= 11 is 5.07. The molecule has 1 nitrogen and oxygen atoms in total. The lowest BCUT2D eigenvalue weighted by Gasteiger charge is -2.10. The number of hydrogen-bond acceptors (Lipinski definition) is 2. The van der Waals surface area contributed by atoms with E-state index in [0.717, 1.165) is 15.8 Å². The van der Waals surface area contributed by atoms with Crippen molar-refractivity contribution < 1.29 is 4.39 Å². The highest BCUT2D eigenvalue weighted by atomic mass is 79.9. The number of rotatable bonds is 3. The van der Waals surface area contributed by atoms with E-state index in [-0.39, 0.29) is 11.9 Å². The van der Waals surface area contributed by atoms with Gasteiger partial charge in [-0.2, -0.15) is 0 Å². The summed E-state index contributed by atoms with van der Waals surface area (Å²) < 4.78 is 14.1. The number of benzene rings is 1. The maximum absolute atomic E-state index is 13.0. The molecule has 0 bridgehead atoms. The van der Waals surface area contributed by atoms with Gasteiger partial charge in [-0.15, -0.1) is 11.3 Å². The van der Waals surface area contributed by atoms with Crippen molar-refractivity contribution in [3.8, 4) is 0 Å². The van der Waals surface area contributed by atoms with E-state index in [1.54, 1.807) is 17.4 Å². The molecule has 1 heterocycles. The molecule has 1 unspecified atom stereocenters. The molecule has 0 spiro atoms. The summed E-state index contributed by atoms with van der Waals surface area (Å²) in [6.07, 6.45) is 0.736. The van der Waals surface area contributed by atoms with Crippen LogP contribution < -0.4 is 5.73 Å². The number of hydrogen-bond donors (Lipinski definition) is 1. The summed E-state index contributed by atoms with van der Waals surface area (Å²) in [5, 5.41) is 0. The molecule has 0 radical (unpaired) electrons. The Balaban J connectivity index is 2.11. The number of halogens is 2. The SMILES string of the molecule is NC(Cc1ccc(Br)s1)c1cccc(F)c1. The van der Waals surface area contributed by atoms with Gasteiger partial charge in [-0.1, -0.05) is 12.1 Å². The summed E-state index contributed by atoms with van der Waals surface area (Å²) in [5.74, 6) is -0.236. The molecule has 1 aromatic carbocycles. The molecule has 2 aromatic rings. The van der Waals surface area contributed by atoms with Gasteiger partial charge in [0.1, 0.15) is 5.82 Å². The summed E-state index contributed by atoms with van der Waals surface area (Å²) in [4.78, 5) is 1.20. The van der Waals surface area contributed by atoms with Crippen LogP contribution in [0, 0.1) is 5.82 Å². The Morgan fingerprint density at radius 3 is 2.75 bits per heavy atom. The van der Waals surface area contributed by atoms with Crippen LogP contribution in [0.3, 0.4) is 0 Å². The van der Waals surface area contributed by atoms with Crippen molar-refractivity contribution in [1.82, 2.24) is 0 Å². The van der Waals surface area contributed by atoms with Gasteiger partial charge >= 0.3 is 0 Å². The summed E-state index contributed by atoms with van der Waals surface area (Å²) in [6, 6.07) is 10.4. The fraction of sp³-hybridized carbons (Fsp3) is 0.167. The second-order valence-electron chi connectivity index (χ2n) is 3.57. The zero-order chi connectivity index (χ0) is 11.5. The van der Waals surface area contributed by atoms with Crippen molar-refractivity contribution in [2.75, 3.05) is 0 Å². The minimum Gasteiger partial charge on any atom is -0.324 e. The lowest BCUT2D eigenvalue weighted by Crippen LogP contribution is -2.12. The van der Waals surface area contributed by atoms with E-state index >= 15 is 0 Å². The van der Waals surface area contributed by atoms with E-state index < -0.39 is 0 Å². The van der Waals surface area contributed by atoms with Crippen LogP contribution in [-0.2, 0) is 6.42 Å². The van der Waals surface area contributed by atoms with E-state index in [4.69, 9.17) is 5.73 Å². The Morgan fingerprint density at radius 2 is 2.12 bits per heavy atom. The molecule has 1 atom stereocenters. The van der Waals surface area contributed by atoms with Crippen LogP contribution >= 0.6 is 27.3 Å². The van der Waals surface area contributed by atoms with Crippen molar-refractivity contribution in [2.24, 2.45) is 5.73 Å². The van der Waals surface area contributed by atoms with Gasteiger partial charge in [0.25, 0.3) is 0 Å². The molecule has 0 saturated heterocycles. The maximum Gasteiger partial charge on any atom is 0.123 e. The second-order valence-corrected chi connectivity index (χ2v) is 6.12. The Morgan fingerprint density at radius 1 is 1.31 bits per heavy atom. The molecule has 0 aliphatic carbocycles. The fourth-order valence-corrected chi connectivity index (χ4v) is 3.07. The quantitative estimate of drug-likeness (QED) is 0.914. The molecule has 84 valence electrons. The third-order valence-electron chi connectivity index (χ3n) is 2.33. The van der Waals surface area contributed by atoms with E-state index in [1.165, 1.54) is 17.0 Å². The Hall–Kier alpha value is -0.710. The topological polar surface area (TPSA) is 26.0 Å². The zero-order valence-electron chi connectivity index (χ0n) is 8.49. The lowest BCUT2D eigenvalue weighted by atomic mass is 10.0. The Kier molecular flexibility index (Phi) is 3.74. The first-order chi connectivity index (χ1) is 7.65. The average molecular weight is 300 g/mol. The maximum atomic E-state index is 13.0. The van der Waals surface area contributed by atoms with E-state index in [9.17, 15) is 4.39 Å². The predicted octanol–water partition coefficient (Wildman–Crippen LogP) is 3.89. The van der Waals surface area contributed by atoms with Crippen LogP contribution in [0.4, 0.5) is 4.39 Å². The normalized spacial score (nSPS) is 12.7. The van der Waals surface area contributed by atoms with Gasteiger partial charge in [0.15, 0.2) is 0 Å². The van der Waals surface area contributed by atoms with Gasteiger partial charge in [0.2, 0.25) is 0 Å². The van der Waals surface area contributed by atoms with Gasteiger partial charge in [0, 0.05) is 17.3 Å². The molecule has 0 fully saturated rings. The lowest BCUT2D eigenvalue weighted by molar-refractivity contribution is 0.619. The van der Waals surface area contributed by atoms with Gasteiger partial charge in [0.05, 0.1) is 3.79 Å². The average Bonchev–Trinajstić information content (AvgIpc) is 2.64. The predicted molar refractivity (Wildman–Crippen MR) is 69.1 cm³/mol. The van der Waals surface area contributed by atoms with Crippen LogP contribution in [0.5, 0.6) is 0 Å². The second kappa shape index (κ2) is 5.08. The first kappa shape index (κ1) is 11.8. The highest BCUT2D eigenvalue weighted by molar-refractivity contribution is 9.11. The van der Waals surface area contributed by atoms with Crippen molar-refractivity contribution in [2.45, 2.75) is 12.5 Å². The molecular formula is C12H11BrFNS. The van der Waals surface area contributed by atoms with Gasteiger partial charge < -0.3 is 5.73 Å². The monoisotopic (exact) mass is 299 g/mol. The van der Waals surface area contributed by atoms with Gasteiger partial charge in [-0.25, -0.2) is 4.39 Å². The van der Waals surface area contributed by atoms with Crippen molar-refractivity contribution in [3.05, 3.63) is 56.4 Å². The molecule has 1 aromatic heterocycles. The highest BCUT2D eigenvalue weighted by Crippen LogP contribution is 2.26.